The zero-order valence-electron chi connectivity index (χ0n) is 9.68. The molecule has 1 aromatic carbocycles. The summed E-state index contributed by atoms with van der Waals surface area (Å²) in [7, 11) is -2.64. The quantitative estimate of drug-likeness (QED) is 0.819. The van der Waals surface area contributed by atoms with Gasteiger partial charge in [0, 0.05) is 7.05 Å². The maximum atomic E-state index is 12.1. The highest BCUT2D eigenvalue weighted by Crippen LogP contribution is 2.12. The van der Waals surface area contributed by atoms with Crippen molar-refractivity contribution in [2.75, 3.05) is 13.6 Å². The Bertz CT molecular complexity index is 535. The number of benzene rings is 1. The van der Waals surface area contributed by atoms with E-state index in [-0.39, 0.29) is 5.75 Å². The van der Waals surface area contributed by atoms with Crippen molar-refractivity contribution in [2.24, 2.45) is 0 Å². The lowest BCUT2D eigenvalue weighted by atomic mass is 10.2. The molecule has 1 rings (SSSR count). The van der Waals surface area contributed by atoms with Gasteiger partial charge in [-0.2, -0.15) is 9.57 Å². The number of rotatable bonds is 5. The molecule has 4 nitrogen and oxygen atoms in total. The Kier molecular flexibility index (Phi) is 4.76. The van der Waals surface area contributed by atoms with Gasteiger partial charge < -0.3 is 0 Å². The molecule has 0 spiro atoms. The van der Waals surface area contributed by atoms with Gasteiger partial charge in [0.2, 0.25) is 10.0 Å². The van der Waals surface area contributed by atoms with Crippen molar-refractivity contribution in [3.63, 3.8) is 0 Å². The van der Waals surface area contributed by atoms with Crippen LogP contribution in [0.3, 0.4) is 0 Å². The van der Waals surface area contributed by atoms with E-state index in [1.807, 2.05) is 6.07 Å². The summed E-state index contributed by atoms with van der Waals surface area (Å²) < 4.78 is 48.3. The molecule has 0 heterocycles. The monoisotopic (exact) mass is 274 g/mol. The van der Waals surface area contributed by atoms with Crippen LogP contribution in [0.4, 0.5) is 8.78 Å². The van der Waals surface area contributed by atoms with E-state index in [1.165, 1.54) is 24.3 Å². The fourth-order valence-electron chi connectivity index (χ4n) is 1.30. The summed E-state index contributed by atoms with van der Waals surface area (Å²) >= 11 is 0. The second kappa shape index (κ2) is 5.89. The van der Waals surface area contributed by atoms with Gasteiger partial charge in [-0.1, -0.05) is 12.1 Å². The second-order valence-corrected chi connectivity index (χ2v) is 5.81. The Morgan fingerprint density at radius 1 is 1.33 bits per heavy atom. The molecular formula is C11H12F2N2O2S. The lowest BCUT2D eigenvalue weighted by molar-refractivity contribution is 0.126. The summed E-state index contributed by atoms with van der Waals surface area (Å²) in [6.45, 7) is -0.821. The molecule has 0 N–H and O–H groups in total. The summed E-state index contributed by atoms with van der Waals surface area (Å²) in [5.41, 5.74) is 0.868. The third kappa shape index (κ3) is 4.05. The predicted octanol–water partition coefficient (Wildman–Crippen LogP) is 1.58. The van der Waals surface area contributed by atoms with E-state index >= 15 is 0 Å². The van der Waals surface area contributed by atoms with Crippen LogP contribution in [0.2, 0.25) is 0 Å². The molecule has 0 aliphatic rings. The van der Waals surface area contributed by atoms with Crippen molar-refractivity contribution >= 4 is 10.0 Å². The van der Waals surface area contributed by atoms with Crippen molar-refractivity contribution in [2.45, 2.75) is 12.2 Å². The van der Waals surface area contributed by atoms with Crippen LogP contribution >= 0.6 is 0 Å². The molecule has 7 heteroatoms. The molecule has 0 unspecified atom stereocenters. The summed E-state index contributed by atoms with van der Waals surface area (Å²) in [5, 5.41) is 8.59. The Balaban J connectivity index is 2.79. The number of halogens is 2. The van der Waals surface area contributed by atoms with E-state index < -0.39 is 23.0 Å². The molecule has 18 heavy (non-hydrogen) atoms. The zero-order chi connectivity index (χ0) is 13.8. The van der Waals surface area contributed by atoms with Gasteiger partial charge in [0.25, 0.3) is 6.43 Å². The molecular weight excluding hydrogens is 262 g/mol. The van der Waals surface area contributed by atoms with Gasteiger partial charge in [0.15, 0.2) is 0 Å². The largest absolute Gasteiger partial charge is 0.252 e. The van der Waals surface area contributed by atoms with Crippen LogP contribution in [-0.2, 0) is 15.8 Å². The van der Waals surface area contributed by atoms with E-state index in [0.717, 1.165) is 7.05 Å². The molecule has 0 radical (unpaired) electrons. The molecule has 0 saturated carbocycles. The average Bonchev–Trinajstić information content (AvgIpc) is 2.28. The second-order valence-electron chi connectivity index (χ2n) is 3.74. The Labute approximate surface area is 105 Å². The zero-order valence-corrected chi connectivity index (χ0v) is 10.5. The van der Waals surface area contributed by atoms with Gasteiger partial charge in [-0.15, -0.1) is 0 Å². The van der Waals surface area contributed by atoms with E-state index in [4.69, 9.17) is 5.26 Å². The first-order chi connectivity index (χ1) is 8.35. The molecule has 1 aromatic rings. The molecule has 98 valence electrons. The van der Waals surface area contributed by atoms with Gasteiger partial charge in [-0.3, -0.25) is 0 Å². The lowest BCUT2D eigenvalue weighted by Gasteiger charge is -2.16. The Morgan fingerprint density at radius 2 is 1.89 bits per heavy atom. The Morgan fingerprint density at radius 3 is 2.33 bits per heavy atom. The van der Waals surface area contributed by atoms with Crippen LogP contribution in [-0.4, -0.2) is 32.7 Å². The van der Waals surface area contributed by atoms with Gasteiger partial charge in [-0.25, -0.2) is 17.2 Å². The molecule has 0 saturated heterocycles. The topological polar surface area (TPSA) is 61.2 Å². The van der Waals surface area contributed by atoms with Crippen molar-refractivity contribution in [3.05, 3.63) is 35.4 Å². The van der Waals surface area contributed by atoms with E-state index in [9.17, 15) is 17.2 Å². The predicted molar refractivity (Wildman–Crippen MR) is 62.4 cm³/mol. The number of nitriles is 1. The number of sulfonamides is 1. The smallest absolute Gasteiger partial charge is 0.212 e. The number of hydrogen-bond donors (Lipinski definition) is 0. The SMILES string of the molecule is CN(CC(F)F)S(=O)(=O)Cc1ccc(C#N)cc1. The minimum atomic E-state index is -3.76. The van der Waals surface area contributed by atoms with Crippen molar-refractivity contribution in [1.82, 2.24) is 4.31 Å². The summed E-state index contributed by atoms with van der Waals surface area (Å²) in [4.78, 5) is 0. The number of hydrogen-bond acceptors (Lipinski definition) is 3. The first kappa shape index (κ1) is 14.5. The normalized spacial score (nSPS) is 11.8. The molecule has 0 bridgehead atoms. The van der Waals surface area contributed by atoms with Crippen LogP contribution in [0.15, 0.2) is 24.3 Å². The standard InChI is InChI=1S/C11H12F2N2O2S/c1-15(7-11(12)13)18(16,17)8-10-4-2-9(6-14)3-5-10/h2-5,11H,7-8H2,1H3. The third-order valence-corrected chi connectivity index (χ3v) is 4.10. The molecule has 0 aliphatic carbocycles. The Hall–Kier alpha value is -1.52. The maximum absolute atomic E-state index is 12.1. The minimum absolute atomic E-state index is 0.359. The maximum Gasteiger partial charge on any atom is 0.252 e. The first-order valence-corrected chi connectivity index (χ1v) is 6.67. The van der Waals surface area contributed by atoms with Gasteiger partial charge >= 0.3 is 0 Å². The van der Waals surface area contributed by atoms with Crippen molar-refractivity contribution < 1.29 is 17.2 Å². The highest BCUT2D eigenvalue weighted by molar-refractivity contribution is 7.88. The van der Waals surface area contributed by atoms with Crippen molar-refractivity contribution in [3.8, 4) is 6.07 Å². The van der Waals surface area contributed by atoms with E-state index in [0.29, 0.717) is 15.4 Å². The summed E-state index contributed by atoms with van der Waals surface area (Å²) in [5.74, 6) is -0.359. The molecule has 0 fully saturated rings. The number of nitrogens with zero attached hydrogens (tertiary/aromatic N) is 2. The average molecular weight is 274 g/mol. The van der Waals surface area contributed by atoms with Crippen LogP contribution in [0.25, 0.3) is 0 Å². The van der Waals surface area contributed by atoms with Crippen LogP contribution in [0.5, 0.6) is 0 Å². The third-order valence-electron chi connectivity index (χ3n) is 2.30. The highest BCUT2D eigenvalue weighted by Gasteiger charge is 2.21. The van der Waals surface area contributed by atoms with Gasteiger partial charge in [0.05, 0.1) is 23.9 Å². The van der Waals surface area contributed by atoms with E-state index in [1.54, 1.807) is 0 Å². The molecule has 0 aromatic heterocycles. The fraction of sp³-hybridized carbons (Fsp3) is 0.364. The fourth-order valence-corrected chi connectivity index (χ4v) is 2.48. The van der Waals surface area contributed by atoms with Crippen LogP contribution < -0.4 is 0 Å². The molecule has 0 amide bonds. The van der Waals surface area contributed by atoms with Crippen molar-refractivity contribution in [1.29, 1.82) is 5.26 Å². The van der Waals surface area contributed by atoms with Crippen LogP contribution in [0.1, 0.15) is 11.1 Å². The summed E-state index contributed by atoms with van der Waals surface area (Å²) in [6, 6.07) is 7.86. The van der Waals surface area contributed by atoms with Gasteiger partial charge in [0.1, 0.15) is 0 Å². The molecule has 0 atom stereocenters. The van der Waals surface area contributed by atoms with Gasteiger partial charge in [-0.05, 0) is 17.7 Å². The number of alkyl halides is 2. The highest BCUT2D eigenvalue weighted by atomic mass is 32.2. The lowest BCUT2D eigenvalue weighted by Crippen LogP contribution is -2.32. The van der Waals surface area contributed by atoms with Crippen LogP contribution in [0, 0.1) is 11.3 Å². The molecule has 0 aliphatic heterocycles. The minimum Gasteiger partial charge on any atom is -0.212 e. The summed E-state index contributed by atoms with van der Waals surface area (Å²) in [6.07, 6.45) is -2.70. The van der Waals surface area contributed by atoms with E-state index in [2.05, 4.69) is 0 Å². The first-order valence-electron chi connectivity index (χ1n) is 5.06.